The number of amides is 2. The number of aryl methyl sites for hydroxylation is 2. The molecule has 3 rings (SSSR count). The summed E-state index contributed by atoms with van der Waals surface area (Å²) in [7, 11) is 1.53. The second-order valence-electron chi connectivity index (χ2n) is 7.10. The lowest BCUT2D eigenvalue weighted by Crippen LogP contribution is -2.48. The molecule has 0 saturated carbocycles. The lowest BCUT2D eigenvalue weighted by Gasteiger charge is -2.34. The summed E-state index contributed by atoms with van der Waals surface area (Å²) in [6, 6.07) is 10.3. The fourth-order valence-corrected chi connectivity index (χ4v) is 3.43. The Labute approximate surface area is 175 Å². The molecule has 6 nitrogen and oxygen atoms in total. The van der Waals surface area contributed by atoms with Crippen LogP contribution in [0.15, 0.2) is 53.7 Å². The van der Waals surface area contributed by atoms with Crippen LogP contribution in [-0.2, 0) is 9.53 Å². The SMILES string of the molecule is CCOC(=O)C1=C(COc2ccc(C)cc2C)N(C)C(=O)N[C@H]1c1ccccc1F. The Balaban J connectivity index is 2.06. The predicted octanol–water partition coefficient (Wildman–Crippen LogP) is 4.03. The van der Waals surface area contributed by atoms with E-state index in [1.54, 1.807) is 19.1 Å². The zero-order valence-corrected chi connectivity index (χ0v) is 17.5. The Kier molecular flexibility index (Phi) is 6.40. The molecule has 30 heavy (non-hydrogen) atoms. The topological polar surface area (TPSA) is 67.9 Å². The maximum absolute atomic E-state index is 14.5. The van der Waals surface area contributed by atoms with Crippen LogP contribution < -0.4 is 10.1 Å². The number of urea groups is 1. The number of benzene rings is 2. The Bertz CT molecular complexity index is 1000. The van der Waals surface area contributed by atoms with Gasteiger partial charge in [0.05, 0.1) is 23.9 Å². The fourth-order valence-electron chi connectivity index (χ4n) is 3.43. The van der Waals surface area contributed by atoms with E-state index in [-0.39, 0.29) is 24.4 Å². The van der Waals surface area contributed by atoms with E-state index in [1.807, 2.05) is 32.0 Å². The molecular weight excluding hydrogens is 387 g/mol. The number of likely N-dealkylation sites (N-methyl/N-ethyl adjacent to an activating group) is 1. The van der Waals surface area contributed by atoms with E-state index in [9.17, 15) is 14.0 Å². The normalized spacial score (nSPS) is 16.4. The molecule has 0 bridgehead atoms. The van der Waals surface area contributed by atoms with E-state index in [1.165, 1.54) is 24.1 Å². The Morgan fingerprint density at radius 1 is 1.20 bits per heavy atom. The summed E-state index contributed by atoms with van der Waals surface area (Å²) in [5, 5.41) is 2.69. The van der Waals surface area contributed by atoms with Gasteiger partial charge in [-0.2, -0.15) is 0 Å². The van der Waals surface area contributed by atoms with Crippen LogP contribution in [0.4, 0.5) is 9.18 Å². The standard InChI is InChI=1S/C23H25FN2O4/c1-5-29-22(27)20-18(13-30-19-11-10-14(2)12-15(19)3)26(4)23(28)25-21(20)16-8-6-7-9-17(16)24/h6-12,21H,5,13H2,1-4H3,(H,25,28)/t21-/m0/s1. The number of nitrogens with one attached hydrogen (secondary N) is 1. The molecule has 1 N–H and O–H groups in total. The summed E-state index contributed by atoms with van der Waals surface area (Å²) in [6.45, 7) is 5.69. The van der Waals surface area contributed by atoms with E-state index in [2.05, 4.69) is 5.32 Å². The van der Waals surface area contributed by atoms with Gasteiger partial charge in [0.2, 0.25) is 0 Å². The van der Waals surface area contributed by atoms with Crippen molar-refractivity contribution in [1.82, 2.24) is 10.2 Å². The molecule has 0 spiro atoms. The van der Waals surface area contributed by atoms with Crippen molar-refractivity contribution in [2.45, 2.75) is 26.8 Å². The van der Waals surface area contributed by atoms with Gasteiger partial charge in [0.1, 0.15) is 18.2 Å². The van der Waals surface area contributed by atoms with Crippen LogP contribution in [0.2, 0.25) is 0 Å². The summed E-state index contributed by atoms with van der Waals surface area (Å²) in [5.41, 5.74) is 2.69. The molecule has 2 amide bonds. The molecule has 7 heteroatoms. The maximum Gasteiger partial charge on any atom is 0.338 e. The number of ether oxygens (including phenoxy) is 2. The molecule has 0 fully saturated rings. The summed E-state index contributed by atoms with van der Waals surface area (Å²) in [6.07, 6.45) is 0. The van der Waals surface area contributed by atoms with E-state index in [0.29, 0.717) is 11.4 Å². The van der Waals surface area contributed by atoms with Gasteiger partial charge in [-0.25, -0.2) is 14.0 Å². The van der Waals surface area contributed by atoms with Crippen LogP contribution in [0, 0.1) is 19.7 Å². The number of nitrogens with zero attached hydrogens (tertiary/aromatic N) is 1. The molecule has 0 saturated heterocycles. The van der Waals surface area contributed by atoms with Gasteiger partial charge in [-0.3, -0.25) is 4.90 Å². The van der Waals surface area contributed by atoms with Gasteiger partial charge in [-0.1, -0.05) is 35.9 Å². The highest BCUT2D eigenvalue weighted by Gasteiger charge is 2.38. The first-order valence-corrected chi connectivity index (χ1v) is 9.72. The first-order valence-electron chi connectivity index (χ1n) is 9.72. The highest BCUT2D eigenvalue weighted by Crippen LogP contribution is 2.33. The smallest absolute Gasteiger partial charge is 0.338 e. The van der Waals surface area contributed by atoms with Crippen molar-refractivity contribution < 1.29 is 23.5 Å². The minimum Gasteiger partial charge on any atom is -0.487 e. The zero-order chi connectivity index (χ0) is 21.8. The van der Waals surface area contributed by atoms with Crippen molar-refractivity contribution in [3.63, 3.8) is 0 Å². The Morgan fingerprint density at radius 2 is 1.93 bits per heavy atom. The molecule has 1 atom stereocenters. The van der Waals surface area contributed by atoms with Crippen molar-refractivity contribution in [3.05, 3.63) is 76.2 Å². The molecule has 0 aromatic heterocycles. The van der Waals surface area contributed by atoms with Crippen LogP contribution >= 0.6 is 0 Å². The van der Waals surface area contributed by atoms with E-state index in [4.69, 9.17) is 9.47 Å². The average Bonchev–Trinajstić information content (AvgIpc) is 2.70. The number of carbonyl (C=O) groups excluding carboxylic acids is 2. The van der Waals surface area contributed by atoms with Gasteiger partial charge in [-0.15, -0.1) is 0 Å². The summed E-state index contributed by atoms with van der Waals surface area (Å²) < 4.78 is 25.7. The van der Waals surface area contributed by atoms with Crippen molar-refractivity contribution in [2.75, 3.05) is 20.3 Å². The van der Waals surface area contributed by atoms with Gasteiger partial charge in [0.25, 0.3) is 0 Å². The first kappa shape index (κ1) is 21.4. The first-order chi connectivity index (χ1) is 14.3. The summed E-state index contributed by atoms with van der Waals surface area (Å²) in [5.74, 6) is -0.515. The van der Waals surface area contributed by atoms with Crippen LogP contribution in [-0.4, -0.2) is 37.2 Å². The van der Waals surface area contributed by atoms with Crippen molar-refractivity contribution in [1.29, 1.82) is 0 Å². The van der Waals surface area contributed by atoms with Crippen molar-refractivity contribution in [2.24, 2.45) is 0 Å². The number of hydrogen-bond donors (Lipinski definition) is 1. The van der Waals surface area contributed by atoms with Crippen LogP contribution in [0.25, 0.3) is 0 Å². The highest BCUT2D eigenvalue weighted by molar-refractivity contribution is 5.95. The molecule has 1 heterocycles. The lowest BCUT2D eigenvalue weighted by molar-refractivity contribution is -0.139. The van der Waals surface area contributed by atoms with Crippen molar-refractivity contribution in [3.8, 4) is 5.75 Å². The van der Waals surface area contributed by atoms with E-state index in [0.717, 1.165) is 11.1 Å². The molecule has 0 aliphatic carbocycles. The minimum absolute atomic E-state index is 0.0487. The van der Waals surface area contributed by atoms with Gasteiger partial charge in [0, 0.05) is 12.6 Å². The second-order valence-corrected chi connectivity index (χ2v) is 7.10. The lowest BCUT2D eigenvalue weighted by atomic mass is 9.94. The number of rotatable bonds is 6. The number of halogens is 1. The van der Waals surface area contributed by atoms with Gasteiger partial charge >= 0.3 is 12.0 Å². The Hall–Kier alpha value is -3.35. The molecule has 0 unspecified atom stereocenters. The predicted molar refractivity (Wildman–Crippen MR) is 111 cm³/mol. The van der Waals surface area contributed by atoms with Crippen LogP contribution in [0.3, 0.4) is 0 Å². The average molecular weight is 412 g/mol. The largest absolute Gasteiger partial charge is 0.487 e. The number of hydrogen-bond acceptors (Lipinski definition) is 4. The molecule has 1 aliphatic rings. The molecular formula is C23H25FN2O4. The van der Waals surface area contributed by atoms with E-state index >= 15 is 0 Å². The minimum atomic E-state index is -0.980. The molecule has 2 aromatic carbocycles. The number of carbonyl (C=O) groups is 2. The molecule has 2 aromatic rings. The monoisotopic (exact) mass is 412 g/mol. The third-order valence-corrected chi connectivity index (χ3v) is 4.98. The van der Waals surface area contributed by atoms with Gasteiger partial charge in [0.15, 0.2) is 0 Å². The second kappa shape index (κ2) is 8.98. The Morgan fingerprint density at radius 3 is 2.60 bits per heavy atom. The summed E-state index contributed by atoms with van der Waals surface area (Å²) in [4.78, 5) is 26.7. The molecule has 158 valence electrons. The maximum atomic E-state index is 14.5. The molecule has 0 radical (unpaired) electrons. The number of esters is 1. The molecule has 1 aliphatic heterocycles. The zero-order valence-electron chi connectivity index (χ0n) is 17.5. The quantitative estimate of drug-likeness (QED) is 0.728. The van der Waals surface area contributed by atoms with Gasteiger partial charge < -0.3 is 14.8 Å². The van der Waals surface area contributed by atoms with Crippen molar-refractivity contribution >= 4 is 12.0 Å². The van der Waals surface area contributed by atoms with Gasteiger partial charge in [-0.05, 0) is 38.5 Å². The fraction of sp³-hybridized carbons (Fsp3) is 0.304. The summed E-state index contributed by atoms with van der Waals surface area (Å²) >= 11 is 0. The third-order valence-electron chi connectivity index (χ3n) is 4.98. The van der Waals surface area contributed by atoms with Crippen LogP contribution in [0.5, 0.6) is 5.75 Å². The van der Waals surface area contributed by atoms with E-state index < -0.39 is 23.9 Å². The van der Waals surface area contributed by atoms with Crippen LogP contribution in [0.1, 0.15) is 29.7 Å². The third kappa shape index (κ3) is 4.30. The highest BCUT2D eigenvalue weighted by atomic mass is 19.1.